The van der Waals surface area contributed by atoms with E-state index in [2.05, 4.69) is 37.1 Å². The fraction of sp³-hybridized carbons (Fsp3) is 0.414. The Morgan fingerprint density at radius 1 is 1.09 bits per heavy atom. The number of aromatic nitrogens is 2. The van der Waals surface area contributed by atoms with E-state index >= 15 is 0 Å². The zero-order valence-corrected chi connectivity index (χ0v) is 21.4. The van der Waals surface area contributed by atoms with Crippen LogP contribution < -0.4 is 14.8 Å². The zero-order valence-electron chi connectivity index (χ0n) is 21.4. The molecule has 6 nitrogen and oxygen atoms in total. The summed E-state index contributed by atoms with van der Waals surface area (Å²) in [5.74, 6) is 2.34. The Labute approximate surface area is 207 Å². The number of benzene rings is 2. The molecule has 2 aliphatic rings. The minimum Gasteiger partial charge on any atom is -0.497 e. The van der Waals surface area contributed by atoms with Crippen LogP contribution in [0.15, 0.2) is 42.6 Å². The van der Waals surface area contributed by atoms with Crippen molar-refractivity contribution in [2.45, 2.75) is 57.8 Å². The second kappa shape index (κ2) is 8.36. The Morgan fingerprint density at radius 2 is 1.89 bits per heavy atom. The molecular weight excluding hydrogens is 438 g/mol. The molecule has 0 saturated carbocycles. The fourth-order valence-corrected chi connectivity index (χ4v) is 6.53. The third-order valence-electron chi connectivity index (χ3n) is 8.11. The van der Waals surface area contributed by atoms with Crippen molar-refractivity contribution in [3.05, 3.63) is 76.4 Å². The van der Waals surface area contributed by atoms with E-state index in [1.54, 1.807) is 20.3 Å². The number of carbonyl (C=O) groups excluding carboxylic acids is 1. The number of hydrogen-bond donors (Lipinski definition) is 1. The number of fused-ring (bicyclic) bond motifs is 4. The minimum absolute atomic E-state index is 0.0800. The molecule has 35 heavy (non-hydrogen) atoms. The Morgan fingerprint density at radius 3 is 2.63 bits per heavy atom. The first-order valence-electron chi connectivity index (χ1n) is 12.2. The highest BCUT2D eigenvalue weighted by Gasteiger charge is 2.53. The third-order valence-corrected chi connectivity index (χ3v) is 8.11. The Balaban J connectivity index is 1.55. The molecule has 2 atom stereocenters. The monoisotopic (exact) mass is 471 g/mol. The quantitative estimate of drug-likeness (QED) is 0.551. The zero-order chi connectivity index (χ0) is 25.0. The molecule has 6 heteroatoms. The van der Waals surface area contributed by atoms with Crippen LogP contribution in [-0.4, -0.2) is 30.1 Å². The van der Waals surface area contributed by atoms with Gasteiger partial charge in [-0.05, 0) is 73.1 Å². The Hall–Kier alpha value is -3.41. The maximum absolute atomic E-state index is 13.3. The lowest BCUT2D eigenvalue weighted by Gasteiger charge is -2.54. The summed E-state index contributed by atoms with van der Waals surface area (Å²) in [5, 5.41) is 3.00. The van der Waals surface area contributed by atoms with Gasteiger partial charge in [0.25, 0.3) is 5.91 Å². The van der Waals surface area contributed by atoms with Crippen molar-refractivity contribution in [3.8, 4) is 11.5 Å². The van der Waals surface area contributed by atoms with Crippen LogP contribution in [0, 0.1) is 12.8 Å². The van der Waals surface area contributed by atoms with Crippen LogP contribution in [0.1, 0.15) is 65.8 Å². The molecule has 2 aliphatic carbocycles. The number of nitrogens with one attached hydrogen (secondary N) is 1. The van der Waals surface area contributed by atoms with Gasteiger partial charge in [0.1, 0.15) is 17.3 Å². The molecule has 0 spiro atoms. The number of anilines is 1. The highest BCUT2D eigenvalue weighted by molar-refractivity contribution is 6.06. The first-order valence-corrected chi connectivity index (χ1v) is 12.2. The van der Waals surface area contributed by atoms with Crippen LogP contribution in [0.2, 0.25) is 0 Å². The lowest BCUT2D eigenvalue weighted by atomic mass is 9.50. The van der Waals surface area contributed by atoms with Gasteiger partial charge in [-0.1, -0.05) is 26.8 Å². The first kappa shape index (κ1) is 23.3. The number of amides is 1. The molecule has 2 aromatic carbocycles. The second-order valence-electron chi connectivity index (χ2n) is 10.6. The molecule has 1 heterocycles. The molecule has 0 bridgehead atoms. The average Bonchev–Trinajstić information content (AvgIpc) is 2.84. The molecule has 1 amide bonds. The van der Waals surface area contributed by atoms with Gasteiger partial charge >= 0.3 is 0 Å². The van der Waals surface area contributed by atoms with E-state index in [1.165, 1.54) is 22.4 Å². The van der Waals surface area contributed by atoms with Gasteiger partial charge in [0.15, 0.2) is 0 Å². The summed E-state index contributed by atoms with van der Waals surface area (Å²) in [6.07, 6.45) is 4.84. The average molecular weight is 472 g/mol. The topological polar surface area (TPSA) is 73.3 Å². The fourth-order valence-electron chi connectivity index (χ4n) is 6.53. The summed E-state index contributed by atoms with van der Waals surface area (Å²) in [5.41, 5.74) is 5.92. The van der Waals surface area contributed by atoms with Crippen molar-refractivity contribution in [3.63, 3.8) is 0 Å². The molecule has 0 fully saturated rings. The Kier molecular flexibility index (Phi) is 5.58. The summed E-state index contributed by atoms with van der Waals surface area (Å²) >= 11 is 0. The molecule has 0 saturated heterocycles. The maximum Gasteiger partial charge on any atom is 0.259 e. The van der Waals surface area contributed by atoms with Gasteiger partial charge in [0.05, 0.1) is 25.5 Å². The van der Waals surface area contributed by atoms with Crippen molar-refractivity contribution in [2.24, 2.45) is 5.92 Å². The summed E-state index contributed by atoms with van der Waals surface area (Å²) < 4.78 is 11.1. The molecule has 0 aliphatic heterocycles. The molecule has 0 radical (unpaired) electrons. The van der Waals surface area contributed by atoms with Crippen molar-refractivity contribution >= 4 is 11.6 Å². The van der Waals surface area contributed by atoms with E-state index < -0.39 is 0 Å². The van der Waals surface area contributed by atoms with Crippen LogP contribution in [0.4, 0.5) is 5.69 Å². The number of hydrogen-bond acceptors (Lipinski definition) is 5. The van der Waals surface area contributed by atoms with Gasteiger partial charge in [-0.25, -0.2) is 9.97 Å². The summed E-state index contributed by atoms with van der Waals surface area (Å²) in [6, 6.07) is 11.5. The third kappa shape index (κ3) is 3.76. The van der Waals surface area contributed by atoms with Crippen molar-refractivity contribution in [2.75, 3.05) is 19.5 Å². The van der Waals surface area contributed by atoms with Gasteiger partial charge in [-0.2, -0.15) is 0 Å². The number of carbonyl (C=O) groups is 1. The van der Waals surface area contributed by atoms with E-state index in [9.17, 15) is 4.79 Å². The summed E-state index contributed by atoms with van der Waals surface area (Å²) in [7, 11) is 3.24. The van der Waals surface area contributed by atoms with Crippen LogP contribution in [-0.2, 0) is 23.7 Å². The molecule has 1 N–H and O–H groups in total. The highest BCUT2D eigenvalue weighted by Crippen LogP contribution is 2.56. The van der Waals surface area contributed by atoms with Crippen molar-refractivity contribution < 1.29 is 14.3 Å². The number of nitrogens with zero attached hydrogens (tertiary/aromatic N) is 2. The SMILES string of the molecule is COc1cccc(NC(=O)c2cc3c(cc2OC)[C@@]2(C)Cc4cnc(C)nc4C(C)(C)C2CC3)c1. The molecule has 3 aromatic rings. The second-order valence-corrected chi connectivity index (χ2v) is 10.6. The molecule has 182 valence electrons. The van der Waals surface area contributed by atoms with E-state index in [1.807, 2.05) is 37.4 Å². The summed E-state index contributed by atoms with van der Waals surface area (Å²) in [6.45, 7) is 8.95. The predicted octanol–water partition coefficient (Wildman–Crippen LogP) is 5.41. The van der Waals surface area contributed by atoms with Gasteiger partial charge in [0, 0.05) is 28.8 Å². The summed E-state index contributed by atoms with van der Waals surface area (Å²) in [4.78, 5) is 22.7. The van der Waals surface area contributed by atoms with E-state index in [0.29, 0.717) is 28.7 Å². The highest BCUT2D eigenvalue weighted by atomic mass is 16.5. The molecule has 5 rings (SSSR count). The smallest absolute Gasteiger partial charge is 0.259 e. The lowest BCUT2D eigenvalue weighted by molar-refractivity contribution is 0.102. The molecular formula is C29H33N3O3. The van der Waals surface area contributed by atoms with Gasteiger partial charge in [-0.15, -0.1) is 0 Å². The van der Waals surface area contributed by atoms with Crippen LogP contribution in [0.5, 0.6) is 11.5 Å². The van der Waals surface area contributed by atoms with Crippen LogP contribution in [0.3, 0.4) is 0 Å². The lowest BCUT2D eigenvalue weighted by Crippen LogP contribution is -2.52. The Bertz CT molecular complexity index is 1320. The van der Waals surface area contributed by atoms with Gasteiger partial charge in [-0.3, -0.25) is 4.79 Å². The van der Waals surface area contributed by atoms with Crippen molar-refractivity contribution in [1.29, 1.82) is 0 Å². The van der Waals surface area contributed by atoms with E-state index in [-0.39, 0.29) is 16.7 Å². The number of aryl methyl sites for hydroxylation is 2. The minimum atomic E-state index is -0.191. The number of methoxy groups -OCH3 is 2. The first-order chi connectivity index (χ1) is 16.7. The van der Waals surface area contributed by atoms with Crippen LogP contribution in [0.25, 0.3) is 0 Å². The van der Waals surface area contributed by atoms with Crippen molar-refractivity contribution in [1.82, 2.24) is 9.97 Å². The number of ether oxygens (including phenoxy) is 2. The molecule has 1 unspecified atom stereocenters. The van der Waals surface area contributed by atoms with E-state index in [4.69, 9.17) is 14.5 Å². The predicted molar refractivity (Wildman–Crippen MR) is 137 cm³/mol. The van der Waals surface area contributed by atoms with Crippen LogP contribution >= 0.6 is 0 Å². The maximum atomic E-state index is 13.3. The largest absolute Gasteiger partial charge is 0.497 e. The standard InChI is InChI=1S/C29H33N3O3/c1-17-30-16-19-15-29(4)23-14-24(35-6)22(27(33)32-20-8-7-9-21(13-20)34-5)12-18(23)10-11-25(29)28(2,3)26(19)31-17/h7-9,12-14,16,25H,10-11,15H2,1-6H3,(H,32,33)/t25?,29-/m1/s1. The molecule has 1 aromatic heterocycles. The number of rotatable bonds is 4. The van der Waals surface area contributed by atoms with Gasteiger partial charge < -0.3 is 14.8 Å². The normalized spacial score (nSPS) is 21.8. The van der Waals surface area contributed by atoms with Gasteiger partial charge in [0.2, 0.25) is 0 Å². The van der Waals surface area contributed by atoms with E-state index in [0.717, 1.165) is 25.1 Å².